The minimum Gasteiger partial charge on any atom is -0.493 e. The summed E-state index contributed by atoms with van der Waals surface area (Å²) in [6.07, 6.45) is 9.73. The summed E-state index contributed by atoms with van der Waals surface area (Å²) < 4.78 is 205. The Hall–Kier alpha value is -13.8. The predicted octanol–water partition coefficient (Wildman–Crippen LogP) is 16.8. The average Bonchev–Trinajstić information content (AvgIpc) is 1.64. The van der Waals surface area contributed by atoms with Gasteiger partial charge in [0.05, 0.1) is 78.2 Å². The number of aliphatic carboxylic acids is 1. The van der Waals surface area contributed by atoms with Crippen molar-refractivity contribution in [2.45, 2.75) is 65.4 Å². The van der Waals surface area contributed by atoms with Crippen LogP contribution in [0.1, 0.15) is 76.5 Å². The number of halogens is 4. The van der Waals surface area contributed by atoms with Gasteiger partial charge in [-0.1, -0.05) is 148 Å². The summed E-state index contributed by atoms with van der Waals surface area (Å²) in [5, 5.41) is 20.7. The third kappa shape index (κ3) is 22.2. The van der Waals surface area contributed by atoms with Crippen LogP contribution in [0.2, 0.25) is 20.1 Å². The molecular weight excluding hydrogens is 1960 g/mol. The van der Waals surface area contributed by atoms with Crippen LogP contribution >= 0.6 is 46.4 Å². The van der Waals surface area contributed by atoms with Gasteiger partial charge in [0.1, 0.15) is 53.1 Å². The zero-order valence-electron chi connectivity index (χ0n) is 71.6. The molecule has 1 aliphatic heterocycles. The number of carboxylic acid groups (broad SMARTS) is 1. The van der Waals surface area contributed by atoms with E-state index in [2.05, 4.69) is 25.4 Å². The zero-order valence-corrected chi connectivity index (χ0v) is 79.6. The number of Topliss-reactive ketones (excluding diaryl/α,β-unsaturated/α-hetero) is 3. The van der Waals surface area contributed by atoms with E-state index in [4.69, 9.17) is 93.9 Å². The van der Waals surface area contributed by atoms with Crippen molar-refractivity contribution in [1.82, 2.24) is 25.9 Å². The van der Waals surface area contributed by atoms with Crippen molar-refractivity contribution < 1.29 is 111 Å². The highest BCUT2D eigenvalue weighted by Crippen LogP contribution is 2.44. The van der Waals surface area contributed by atoms with Crippen molar-refractivity contribution in [3.05, 3.63) is 326 Å². The Kier molecular flexibility index (Phi) is 30.0. The lowest BCUT2D eigenvalue weighted by molar-refractivity contribution is -0.132. The van der Waals surface area contributed by atoms with Gasteiger partial charge in [0.15, 0.2) is 71.5 Å². The van der Waals surface area contributed by atoms with E-state index in [1.54, 1.807) is 109 Å². The Bertz CT molecular complexity index is 7830. The van der Waals surface area contributed by atoms with Crippen LogP contribution in [0.3, 0.4) is 0 Å². The number of ether oxygens (including phenoxy) is 4. The minimum atomic E-state index is -4.07. The summed E-state index contributed by atoms with van der Waals surface area (Å²) in [4.78, 5) is 57.0. The molecule has 45 heteroatoms. The van der Waals surface area contributed by atoms with E-state index < -0.39 is 106 Å². The number of aryl methyl sites for hydroxylation is 4. The number of pyridine rings is 2. The number of nitrogens with zero attached hydrogens (tertiary/aromatic N) is 9. The fraction of sp³-hybridized carbons (Fsp3) is 0.144. The number of rotatable bonds is 31. The van der Waals surface area contributed by atoms with Gasteiger partial charge in [-0.25, -0.2) is 71.2 Å². The number of carboxylic acids is 1. The van der Waals surface area contributed by atoms with Crippen LogP contribution in [-0.2, 0) is 82.7 Å². The number of ketones is 3. The maximum absolute atomic E-state index is 13.4. The van der Waals surface area contributed by atoms with Gasteiger partial charge in [0.25, 0.3) is 40.1 Å². The Morgan fingerprint density at radius 1 is 0.437 bits per heavy atom. The lowest BCUT2D eigenvalue weighted by Gasteiger charge is -2.10. The molecule has 11 heterocycles. The van der Waals surface area contributed by atoms with Crippen LogP contribution in [-0.4, -0.2) is 150 Å². The van der Waals surface area contributed by atoms with Gasteiger partial charge in [0, 0.05) is 73.3 Å². The molecule has 0 saturated heterocycles. The molecule has 10 aromatic heterocycles. The summed E-state index contributed by atoms with van der Waals surface area (Å²) in [5.41, 5.74) is 11.7. The second-order valence-electron chi connectivity index (χ2n) is 29.5. The summed E-state index contributed by atoms with van der Waals surface area (Å²) in [6.45, 7) is 7.75. The standard InChI is InChI=1S/C25H23ClN2O7S2.C24H21ClN2O7S2.C23H18ClN5O4S.C18H14ClNO7S/c1-16-7-9-18(10-8-16)37(32,33)28-12-11-19(26)24(28)22-13-23(34-2)25(35-22)21(29)15-36(30,31)14-17-5-3-4-6-20(17)27;1-16-5-7-18(8-6-16)36(31,32)27-11-9-19(25)23(27)21-12-22(33-2)24(34-21)20(28)15-35(29,30)14-17-4-3-10-26-13-17;1-15-5-7-17(8-6-15)34(30,31)29-11-9-18(24)22(29)20-12-21(23(33-20)19-13-26-28-27-19)32-14-16-4-2-3-10-25-16;1-10-3-5-11(6-4-10)28(24,25)20-8-7-12(19)15(20)13-9-14(26-2)17(27-13)16(21)18(22)23/h3-13H,14-15,27H2,1-2H3;3-13H,14-15H2,1-2H3;2-12H,13-14H2,1H3;3-9H,1-2H3,(H,22,23). The number of anilines is 1. The van der Waals surface area contributed by atoms with E-state index in [1.165, 1.54) is 137 Å². The quantitative estimate of drug-likeness (QED) is 0.0231. The number of hydrogen-bond donors (Lipinski definition) is 2. The van der Waals surface area contributed by atoms with Crippen molar-refractivity contribution in [1.29, 1.82) is 0 Å². The summed E-state index contributed by atoms with van der Waals surface area (Å²) in [6, 6.07) is 51.4. The number of sulfone groups is 2. The van der Waals surface area contributed by atoms with E-state index in [-0.39, 0.29) is 133 Å². The van der Waals surface area contributed by atoms with Crippen molar-refractivity contribution in [2.75, 3.05) is 45.1 Å². The molecule has 135 heavy (non-hydrogen) atoms. The van der Waals surface area contributed by atoms with Gasteiger partial charge < -0.3 is 47.5 Å². The van der Waals surface area contributed by atoms with Gasteiger partial charge in [-0.15, -0.1) is 5.10 Å². The third-order valence-corrected chi connectivity index (χ3v) is 30.8. The first-order valence-corrected chi connectivity index (χ1v) is 50.3. The zero-order chi connectivity index (χ0) is 97.4. The van der Waals surface area contributed by atoms with Gasteiger partial charge >= 0.3 is 11.8 Å². The number of methoxy groups -OCH3 is 3. The number of nitrogens with two attached hydrogens (primary N) is 1. The fourth-order valence-corrected chi connectivity index (χ4v) is 22.5. The van der Waals surface area contributed by atoms with Crippen LogP contribution < -0.4 is 24.7 Å². The molecule has 0 unspecified atom stereocenters. The first-order chi connectivity index (χ1) is 64.0. The number of furan rings is 4. The molecular formula is C90H76Cl4N10O25S6. The van der Waals surface area contributed by atoms with E-state index in [0.29, 0.717) is 39.7 Å². The molecule has 0 radical (unpaired) electrons. The Morgan fingerprint density at radius 2 is 0.807 bits per heavy atom. The third-order valence-electron chi connectivity index (χ3n) is 19.9. The molecule has 0 spiro atoms. The highest BCUT2D eigenvalue weighted by molar-refractivity contribution is 7.92. The van der Waals surface area contributed by atoms with E-state index in [0.717, 1.165) is 38.1 Å². The molecule has 700 valence electrons. The molecule has 0 aliphatic carbocycles. The average molecular weight is 2030 g/mol. The number of para-hydroxylation sites is 1. The van der Waals surface area contributed by atoms with E-state index >= 15 is 0 Å². The number of carbonyl (C=O) groups is 4. The highest BCUT2D eigenvalue weighted by Gasteiger charge is 2.36. The number of aromatic nitrogens is 6. The molecule has 5 aromatic carbocycles. The number of nitrogen functional groups attached to an aromatic ring is 1. The van der Waals surface area contributed by atoms with E-state index in [9.17, 15) is 69.7 Å². The van der Waals surface area contributed by atoms with Crippen LogP contribution in [0.4, 0.5) is 5.69 Å². The monoisotopic (exact) mass is 2030 g/mol. The molecule has 15 aromatic rings. The first kappa shape index (κ1) is 98.7. The SMILES string of the molecule is COc1cc(-c2c(Cl)ccn2S(=O)(=O)c2ccc(C)cc2)oc1C(=O)C(=O)O.COc1cc(-c2c(Cl)ccn2S(=O)(=O)c2ccc(C)cc2)oc1C(=O)CS(=O)(=O)Cc1ccccc1N.COc1cc(-c2c(Cl)ccn2S(=O)(=O)c2ccc(C)cc2)oc1C(=O)CS(=O)(=O)Cc1cccnc1.Cc1ccc(S(=O)(=O)n2ccc(Cl)c2-c2cc(OCc3ccccn3)c(C3=NN=NC3)o2)cc1. The first-order valence-electron chi connectivity index (χ1n) is 39.4. The topological polar surface area (TPSA) is 491 Å². The van der Waals surface area contributed by atoms with Gasteiger partial charge in [-0.3, -0.25) is 24.4 Å². The molecule has 35 nitrogen and oxygen atoms in total. The van der Waals surface area contributed by atoms with Crippen LogP contribution in [0.5, 0.6) is 23.0 Å². The maximum atomic E-state index is 13.4. The molecule has 1 aliphatic rings. The summed E-state index contributed by atoms with van der Waals surface area (Å²) >= 11 is 25.2. The lowest BCUT2D eigenvalue weighted by Crippen LogP contribution is -2.18. The lowest BCUT2D eigenvalue weighted by atomic mass is 10.2. The smallest absolute Gasteiger partial charge is 0.380 e. The second kappa shape index (κ2) is 41.0. The molecule has 0 amide bonds. The second-order valence-corrected chi connectivity index (χ2v) is 42.5. The van der Waals surface area contributed by atoms with Crippen LogP contribution in [0.25, 0.3) is 45.8 Å². The fourth-order valence-electron chi connectivity index (χ4n) is 13.2. The molecule has 16 rings (SSSR count). The molecule has 0 bridgehead atoms. The van der Waals surface area contributed by atoms with Gasteiger partial charge in [-0.2, -0.15) is 5.11 Å². The van der Waals surface area contributed by atoms with Crippen molar-refractivity contribution >= 4 is 141 Å². The normalized spacial score (nSPS) is 12.2. The Labute approximate surface area is 792 Å². The summed E-state index contributed by atoms with van der Waals surface area (Å²) in [5.74, 6) is -8.36. The largest absolute Gasteiger partial charge is 0.493 e. The van der Waals surface area contributed by atoms with Crippen molar-refractivity contribution in [2.24, 2.45) is 15.4 Å². The Balaban J connectivity index is 0.000000153. The van der Waals surface area contributed by atoms with Crippen LogP contribution in [0, 0.1) is 27.7 Å². The maximum Gasteiger partial charge on any atom is 0.380 e. The highest BCUT2D eigenvalue weighted by atomic mass is 35.5. The Morgan fingerprint density at radius 3 is 1.16 bits per heavy atom. The summed E-state index contributed by atoms with van der Waals surface area (Å²) in [7, 11) is -20.1. The van der Waals surface area contributed by atoms with Gasteiger partial charge in [-0.05, 0) is 141 Å². The number of carbonyl (C=O) groups excluding carboxylic acids is 3. The molecule has 3 N–H and O–H groups in total. The molecule has 0 atom stereocenters. The molecule has 0 saturated carbocycles. The number of hydrogen-bond acceptors (Lipinski definition) is 30. The van der Waals surface area contributed by atoms with Crippen LogP contribution in [0.15, 0.2) is 296 Å². The van der Waals surface area contributed by atoms with Crippen molar-refractivity contribution in [3.8, 4) is 68.8 Å². The predicted molar refractivity (Wildman–Crippen MR) is 499 cm³/mol. The van der Waals surface area contributed by atoms with E-state index in [1.807, 2.05) is 45.9 Å². The van der Waals surface area contributed by atoms with Gasteiger partial charge in [0.2, 0.25) is 28.8 Å². The minimum absolute atomic E-state index is 0.0203. The number of benzene rings is 5. The van der Waals surface area contributed by atoms with Crippen molar-refractivity contribution in [3.63, 3.8) is 0 Å². The molecule has 0 fully saturated rings.